The number of benzene rings is 1. The Labute approximate surface area is 142 Å². The van der Waals surface area contributed by atoms with E-state index in [0.29, 0.717) is 17.3 Å². The third-order valence-electron chi connectivity index (χ3n) is 4.44. The summed E-state index contributed by atoms with van der Waals surface area (Å²) in [7, 11) is 0. The Balaban J connectivity index is 1.85. The number of imidazole rings is 1. The Morgan fingerprint density at radius 2 is 1.78 bits per heavy atom. The van der Waals surface area contributed by atoms with Crippen LogP contribution >= 0.6 is 11.6 Å². The third kappa shape index (κ3) is 3.48. The molecule has 122 valence electrons. The summed E-state index contributed by atoms with van der Waals surface area (Å²) < 4.78 is 2.01. The lowest BCUT2D eigenvalue weighted by Gasteiger charge is -2.25. The fourth-order valence-corrected chi connectivity index (χ4v) is 3.40. The largest absolute Gasteiger partial charge is 0.300 e. The predicted molar refractivity (Wildman–Crippen MR) is 92.7 cm³/mol. The van der Waals surface area contributed by atoms with Crippen LogP contribution in [0, 0.1) is 13.8 Å². The van der Waals surface area contributed by atoms with Gasteiger partial charge in [-0.25, -0.2) is 4.98 Å². The number of carbonyl (C=O) groups is 1. The highest BCUT2D eigenvalue weighted by Gasteiger charge is 2.21. The van der Waals surface area contributed by atoms with Crippen LogP contribution in [0.5, 0.6) is 0 Å². The van der Waals surface area contributed by atoms with E-state index in [2.05, 4.69) is 9.88 Å². The molecule has 2 heterocycles. The van der Waals surface area contributed by atoms with Gasteiger partial charge in [-0.3, -0.25) is 9.69 Å². The van der Waals surface area contributed by atoms with Crippen molar-refractivity contribution >= 4 is 17.4 Å². The molecule has 0 radical (unpaired) electrons. The number of likely N-dealkylation sites (tertiary alicyclic amines) is 1. The first-order valence-corrected chi connectivity index (χ1v) is 8.51. The monoisotopic (exact) mass is 331 g/mol. The topological polar surface area (TPSA) is 38.1 Å². The van der Waals surface area contributed by atoms with E-state index < -0.39 is 0 Å². The number of ketones is 1. The molecule has 0 unspecified atom stereocenters. The van der Waals surface area contributed by atoms with E-state index in [9.17, 15) is 4.79 Å². The van der Waals surface area contributed by atoms with Gasteiger partial charge < -0.3 is 4.57 Å². The molecule has 2 aromatic rings. The van der Waals surface area contributed by atoms with Crippen LogP contribution in [0.15, 0.2) is 24.3 Å². The number of piperidine rings is 1. The van der Waals surface area contributed by atoms with E-state index in [1.807, 2.05) is 42.7 Å². The second-order valence-electron chi connectivity index (χ2n) is 6.16. The van der Waals surface area contributed by atoms with Crippen molar-refractivity contribution in [1.82, 2.24) is 14.5 Å². The number of aromatic nitrogens is 2. The quantitative estimate of drug-likeness (QED) is 0.799. The van der Waals surface area contributed by atoms with E-state index in [1.54, 1.807) is 0 Å². The van der Waals surface area contributed by atoms with Crippen LogP contribution in [0.2, 0.25) is 5.02 Å². The van der Waals surface area contributed by atoms with Crippen LogP contribution in [0.4, 0.5) is 0 Å². The van der Waals surface area contributed by atoms with Crippen molar-refractivity contribution in [1.29, 1.82) is 0 Å². The maximum atomic E-state index is 12.6. The fraction of sp³-hybridized carbons (Fsp3) is 0.444. The molecule has 1 saturated heterocycles. The highest BCUT2D eigenvalue weighted by molar-refractivity contribution is 6.30. The number of aryl methyl sites for hydroxylation is 1. The summed E-state index contributed by atoms with van der Waals surface area (Å²) in [5.41, 5.74) is 2.46. The molecule has 1 fully saturated rings. The number of nitrogens with zero attached hydrogens (tertiary/aromatic N) is 3. The minimum atomic E-state index is 0.111. The molecule has 1 aromatic carbocycles. The van der Waals surface area contributed by atoms with Gasteiger partial charge in [0, 0.05) is 10.7 Å². The first-order valence-electron chi connectivity index (χ1n) is 8.13. The number of Topliss-reactive ketones (excluding diaryl/α,β-unsaturated/α-hetero) is 1. The molecule has 0 saturated carbocycles. The lowest BCUT2D eigenvalue weighted by atomic mass is 10.1. The lowest BCUT2D eigenvalue weighted by Crippen LogP contribution is -2.34. The second kappa shape index (κ2) is 6.85. The molecule has 23 heavy (non-hydrogen) atoms. The lowest BCUT2D eigenvalue weighted by molar-refractivity contribution is 0.0910. The van der Waals surface area contributed by atoms with Gasteiger partial charge in [0.2, 0.25) is 0 Å². The predicted octanol–water partition coefficient (Wildman–Crippen LogP) is 3.81. The molecule has 5 heteroatoms. The summed E-state index contributed by atoms with van der Waals surface area (Å²) in [4.78, 5) is 19.4. The molecular weight excluding hydrogens is 310 g/mol. The minimum Gasteiger partial charge on any atom is -0.300 e. The Bertz CT molecular complexity index is 700. The second-order valence-corrected chi connectivity index (χ2v) is 6.60. The standard InChI is InChI=1S/C18H22ClN3O/c1-13-18(17(23)12-21-10-4-3-5-11-21)20-14(2)22(13)16-8-6-15(19)7-9-16/h6-9H,3-5,10-12H2,1-2H3. The van der Waals surface area contributed by atoms with Gasteiger partial charge >= 0.3 is 0 Å². The van der Waals surface area contributed by atoms with Crippen molar-refractivity contribution in [3.8, 4) is 5.69 Å². The van der Waals surface area contributed by atoms with Gasteiger partial charge in [-0.05, 0) is 64.0 Å². The maximum absolute atomic E-state index is 12.6. The van der Waals surface area contributed by atoms with E-state index in [0.717, 1.165) is 30.3 Å². The van der Waals surface area contributed by atoms with Gasteiger partial charge in [-0.2, -0.15) is 0 Å². The summed E-state index contributed by atoms with van der Waals surface area (Å²) in [6, 6.07) is 7.60. The van der Waals surface area contributed by atoms with Gasteiger partial charge in [-0.15, -0.1) is 0 Å². The SMILES string of the molecule is Cc1nc(C(=O)CN2CCCCC2)c(C)n1-c1ccc(Cl)cc1. The van der Waals surface area contributed by atoms with Crippen molar-refractivity contribution in [2.75, 3.05) is 19.6 Å². The summed E-state index contributed by atoms with van der Waals surface area (Å²) in [5, 5.41) is 0.700. The van der Waals surface area contributed by atoms with E-state index in [4.69, 9.17) is 11.6 Å². The summed E-state index contributed by atoms with van der Waals surface area (Å²) in [6.45, 7) is 6.39. The van der Waals surface area contributed by atoms with Crippen molar-refractivity contribution in [3.63, 3.8) is 0 Å². The van der Waals surface area contributed by atoms with Crippen LogP contribution in [-0.4, -0.2) is 39.9 Å². The zero-order valence-electron chi connectivity index (χ0n) is 13.7. The molecule has 0 spiro atoms. The zero-order chi connectivity index (χ0) is 16.4. The molecule has 0 atom stereocenters. The number of rotatable bonds is 4. The van der Waals surface area contributed by atoms with E-state index >= 15 is 0 Å². The molecule has 0 N–H and O–H groups in total. The molecule has 0 amide bonds. The number of halogens is 1. The van der Waals surface area contributed by atoms with Crippen molar-refractivity contribution < 1.29 is 4.79 Å². The first-order chi connectivity index (χ1) is 11.1. The molecule has 0 bridgehead atoms. The van der Waals surface area contributed by atoms with Crippen LogP contribution in [0.1, 0.15) is 41.3 Å². The highest BCUT2D eigenvalue weighted by atomic mass is 35.5. The van der Waals surface area contributed by atoms with E-state index in [-0.39, 0.29) is 5.78 Å². The average Bonchev–Trinajstić information content (AvgIpc) is 2.84. The van der Waals surface area contributed by atoms with Gasteiger partial charge in [0.15, 0.2) is 5.78 Å². The Morgan fingerprint density at radius 3 is 2.43 bits per heavy atom. The Morgan fingerprint density at radius 1 is 1.13 bits per heavy atom. The van der Waals surface area contributed by atoms with Gasteiger partial charge in [0.25, 0.3) is 0 Å². The highest BCUT2D eigenvalue weighted by Crippen LogP contribution is 2.20. The molecule has 4 nitrogen and oxygen atoms in total. The van der Waals surface area contributed by atoms with Gasteiger partial charge in [-0.1, -0.05) is 18.0 Å². The number of hydrogen-bond acceptors (Lipinski definition) is 3. The normalized spacial score (nSPS) is 15.8. The average molecular weight is 332 g/mol. The Hall–Kier alpha value is -1.65. The minimum absolute atomic E-state index is 0.111. The van der Waals surface area contributed by atoms with Gasteiger partial charge in [0.1, 0.15) is 11.5 Å². The molecule has 1 aliphatic rings. The van der Waals surface area contributed by atoms with Crippen molar-refractivity contribution in [3.05, 3.63) is 46.5 Å². The van der Waals surface area contributed by atoms with Gasteiger partial charge in [0.05, 0.1) is 12.2 Å². The summed E-state index contributed by atoms with van der Waals surface area (Å²) in [6.07, 6.45) is 3.64. The number of carbonyl (C=O) groups excluding carboxylic acids is 1. The van der Waals surface area contributed by atoms with Crippen molar-refractivity contribution in [2.24, 2.45) is 0 Å². The third-order valence-corrected chi connectivity index (χ3v) is 4.69. The van der Waals surface area contributed by atoms with Crippen LogP contribution < -0.4 is 0 Å². The van der Waals surface area contributed by atoms with E-state index in [1.165, 1.54) is 19.3 Å². The smallest absolute Gasteiger partial charge is 0.196 e. The Kier molecular flexibility index (Phi) is 4.83. The summed E-state index contributed by atoms with van der Waals surface area (Å²) in [5.74, 6) is 0.937. The van der Waals surface area contributed by atoms with Crippen LogP contribution in [-0.2, 0) is 0 Å². The number of hydrogen-bond donors (Lipinski definition) is 0. The first kappa shape index (κ1) is 16.2. The summed E-state index contributed by atoms with van der Waals surface area (Å²) >= 11 is 5.96. The molecular formula is C18H22ClN3O. The molecule has 1 aromatic heterocycles. The maximum Gasteiger partial charge on any atom is 0.196 e. The molecule has 1 aliphatic heterocycles. The van der Waals surface area contributed by atoms with Crippen LogP contribution in [0.25, 0.3) is 5.69 Å². The molecule has 3 rings (SSSR count). The van der Waals surface area contributed by atoms with Crippen molar-refractivity contribution in [2.45, 2.75) is 33.1 Å². The molecule has 0 aliphatic carbocycles. The fourth-order valence-electron chi connectivity index (χ4n) is 3.27. The van der Waals surface area contributed by atoms with Crippen LogP contribution in [0.3, 0.4) is 0 Å². The zero-order valence-corrected chi connectivity index (χ0v) is 14.4.